The van der Waals surface area contributed by atoms with Gasteiger partial charge in [-0.15, -0.1) is 0 Å². The van der Waals surface area contributed by atoms with Gasteiger partial charge in [0.25, 0.3) is 5.91 Å². The molecule has 0 atom stereocenters. The number of carboxylic acid groups (broad SMARTS) is 1. The smallest absolute Gasteiger partial charge is 0.337 e. The van der Waals surface area contributed by atoms with Gasteiger partial charge in [0.15, 0.2) is 0 Å². The van der Waals surface area contributed by atoms with Gasteiger partial charge >= 0.3 is 5.97 Å². The molecule has 1 heterocycles. The van der Waals surface area contributed by atoms with E-state index in [-0.39, 0.29) is 17.2 Å². The molecule has 0 aliphatic rings. The van der Waals surface area contributed by atoms with Crippen LogP contribution in [-0.4, -0.2) is 41.6 Å². The Bertz CT molecular complexity index is 460. The quantitative estimate of drug-likeness (QED) is 0.635. The lowest BCUT2D eigenvalue weighted by molar-refractivity contribution is 0.0694. The van der Waals surface area contributed by atoms with Crippen LogP contribution in [0.4, 0.5) is 0 Å². The number of amides is 1. The van der Waals surface area contributed by atoms with Gasteiger partial charge in [0, 0.05) is 6.54 Å². The molecule has 104 valence electrons. The molecule has 3 N–H and O–H groups in total. The van der Waals surface area contributed by atoms with E-state index in [0.717, 1.165) is 19.5 Å². The third kappa shape index (κ3) is 4.67. The Hall–Kier alpha value is -1.95. The van der Waals surface area contributed by atoms with E-state index in [1.165, 1.54) is 12.1 Å². The molecule has 0 bridgehead atoms. The summed E-state index contributed by atoms with van der Waals surface area (Å²) in [6, 6.07) is 2.83. The SMILES string of the molecule is CCNCCCNC(=O)c1ccc(C(=O)O)c(C)n1. The van der Waals surface area contributed by atoms with Crippen LogP contribution in [0.1, 0.15) is 39.9 Å². The van der Waals surface area contributed by atoms with E-state index in [1.807, 2.05) is 6.92 Å². The fourth-order valence-electron chi connectivity index (χ4n) is 1.60. The zero-order valence-corrected chi connectivity index (χ0v) is 11.2. The van der Waals surface area contributed by atoms with Crippen LogP contribution < -0.4 is 10.6 Å². The largest absolute Gasteiger partial charge is 0.478 e. The first-order valence-corrected chi connectivity index (χ1v) is 6.26. The molecule has 0 fully saturated rings. The number of aromatic carboxylic acids is 1. The minimum Gasteiger partial charge on any atom is -0.478 e. The number of carbonyl (C=O) groups is 2. The van der Waals surface area contributed by atoms with Crippen molar-refractivity contribution < 1.29 is 14.7 Å². The predicted octanol–water partition coefficient (Wildman–Crippen LogP) is 0.818. The molecule has 0 saturated carbocycles. The summed E-state index contributed by atoms with van der Waals surface area (Å²) in [6.45, 7) is 5.92. The van der Waals surface area contributed by atoms with Crippen molar-refractivity contribution in [1.82, 2.24) is 15.6 Å². The highest BCUT2D eigenvalue weighted by molar-refractivity contribution is 5.94. The van der Waals surface area contributed by atoms with Gasteiger partial charge in [-0.05, 0) is 38.6 Å². The first-order chi connectivity index (χ1) is 9.06. The number of carboxylic acids is 1. The van der Waals surface area contributed by atoms with Crippen LogP contribution in [0.25, 0.3) is 0 Å². The molecule has 1 rings (SSSR count). The summed E-state index contributed by atoms with van der Waals surface area (Å²) in [4.78, 5) is 26.6. The third-order valence-electron chi connectivity index (χ3n) is 2.61. The molecule has 0 unspecified atom stereocenters. The van der Waals surface area contributed by atoms with Crippen molar-refractivity contribution in [2.45, 2.75) is 20.3 Å². The molecule has 0 aromatic carbocycles. The fraction of sp³-hybridized carbons (Fsp3) is 0.462. The van der Waals surface area contributed by atoms with Crippen molar-refractivity contribution in [3.05, 3.63) is 29.1 Å². The van der Waals surface area contributed by atoms with E-state index in [4.69, 9.17) is 5.11 Å². The maximum Gasteiger partial charge on any atom is 0.337 e. The van der Waals surface area contributed by atoms with Crippen LogP contribution in [0.5, 0.6) is 0 Å². The Morgan fingerprint density at radius 1 is 1.32 bits per heavy atom. The van der Waals surface area contributed by atoms with Crippen molar-refractivity contribution in [2.24, 2.45) is 0 Å². The number of carbonyl (C=O) groups excluding carboxylic acids is 1. The number of nitrogens with zero attached hydrogens (tertiary/aromatic N) is 1. The second kappa shape index (κ2) is 7.48. The molecule has 19 heavy (non-hydrogen) atoms. The Morgan fingerprint density at radius 3 is 2.63 bits per heavy atom. The number of aromatic nitrogens is 1. The second-order valence-corrected chi connectivity index (χ2v) is 4.10. The summed E-state index contributed by atoms with van der Waals surface area (Å²) < 4.78 is 0. The predicted molar refractivity (Wildman–Crippen MR) is 71.4 cm³/mol. The van der Waals surface area contributed by atoms with Gasteiger partial charge in [-0.25, -0.2) is 9.78 Å². The maximum absolute atomic E-state index is 11.8. The van der Waals surface area contributed by atoms with Crippen molar-refractivity contribution in [3.63, 3.8) is 0 Å². The summed E-state index contributed by atoms with van der Waals surface area (Å²) in [5.41, 5.74) is 0.697. The Kier molecular flexibility index (Phi) is 5.95. The van der Waals surface area contributed by atoms with E-state index in [1.54, 1.807) is 6.92 Å². The maximum atomic E-state index is 11.8. The molecule has 6 heteroatoms. The minimum absolute atomic E-state index is 0.115. The highest BCUT2D eigenvalue weighted by Crippen LogP contribution is 2.06. The van der Waals surface area contributed by atoms with Gasteiger partial charge < -0.3 is 15.7 Å². The van der Waals surface area contributed by atoms with Crippen molar-refractivity contribution >= 4 is 11.9 Å². The lowest BCUT2D eigenvalue weighted by Crippen LogP contribution is -2.28. The highest BCUT2D eigenvalue weighted by atomic mass is 16.4. The van der Waals surface area contributed by atoms with Crippen molar-refractivity contribution in [3.8, 4) is 0 Å². The fourth-order valence-corrected chi connectivity index (χ4v) is 1.60. The van der Waals surface area contributed by atoms with E-state index < -0.39 is 5.97 Å². The molecular formula is C13H19N3O3. The van der Waals surface area contributed by atoms with Gasteiger partial charge in [0.05, 0.1) is 11.3 Å². The normalized spacial score (nSPS) is 10.2. The van der Waals surface area contributed by atoms with E-state index in [0.29, 0.717) is 12.2 Å². The first-order valence-electron chi connectivity index (χ1n) is 6.26. The van der Waals surface area contributed by atoms with Crippen LogP contribution >= 0.6 is 0 Å². The monoisotopic (exact) mass is 265 g/mol. The average Bonchev–Trinajstić information content (AvgIpc) is 2.37. The van der Waals surface area contributed by atoms with E-state index in [2.05, 4.69) is 15.6 Å². The number of nitrogens with one attached hydrogen (secondary N) is 2. The molecule has 1 aromatic rings. The molecule has 0 saturated heterocycles. The van der Waals surface area contributed by atoms with Gasteiger partial charge in [-0.2, -0.15) is 0 Å². The molecule has 0 spiro atoms. The summed E-state index contributed by atoms with van der Waals surface area (Å²) >= 11 is 0. The molecule has 6 nitrogen and oxygen atoms in total. The van der Waals surface area contributed by atoms with Crippen LogP contribution in [-0.2, 0) is 0 Å². The van der Waals surface area contributed by atoms with Crippen LogP contribution in [0, 0.1) is 6.92 Å². The lowest BCUT2D eigenvalue weighted by Gasteiger charge is -2.06. The van der Waals surface area contributed by atoms with Crippen molar-refractivity contribution in [2.75, 3.05) is 19.6 Å². The topological polar surface area (TPSA) is 91.3 Å². The number of aryl methyl sites for hydroxylation is 1. The molecule has 0 aliphatic carbocycles. The number of hydrogen-bond donors (Lipinski definition) is 3. The van der Waals surface area contributed by atoms with Gasteiger partial charge in [-0.3, -0.25) is 4.79 Å². The molecule has 1 aromatic heterocycles. The zero-order chi connectivity index (χ0) is 14.3. The molecular weight excluding hydrogens is 246 g/mol. The Balaban J connectivity index is 2.53. The van der Waals surface area contributed by atoms with Crippen LogP contribution in [0.2, 0.25) is 0 Å². The number of pyridine rings is 1. The number of rotatable bonds is 7. The molecule has 0 aliphatic heterocycles. The lowest BCUT2D eigenvalue weighted by atomic mass is 10.2. The molecule has 0 radical (unpaired) electrons. The van der Waals surface area contributed by atoms with Gasteiger partial charge in [0.1, 0.15) is 5.69 Å². The number of hydrogen-bond acceptors (Lipinski definition) is 4. The Labute approximate surface area is 112 Å². The second-order valence-electron chi connectivity index (χ2n) is 4.10. The molecule has 1 amide bonds. The van der Waals surface area contributed by atoms with Crippen LogP contribution in [0.3, 0.4) is 0 Å². The summed E-state index contributed by atoms with van der Waals surface area (Å²) in [6.07, 6.45) is 0.839. The highest BCUT2D eigenvalue weighted by Gasteiger charge is 2.12. The average molecular weight is 265 g/mol. The third-order valence-corrected chi connectivity index (χ3v) is 2.61. The van der Waals surface area contributed by atoms with E-state index >= 15 is 0 Å². The Morgan fingerprint density at radius 2 is 2.05 bits per heavy atom. The summed E-state index contributed by atoms with van der Waals surface area (Å²) in [7, 11) is 0. The van der Waals surface area contributed by atoms with E-state index in [9.17, 15) is 9.59 Å². The van der Waals surface area contributed by atoms with Crippen LogP contribution in [0.15, 0.2) is 12.1 Å². The summed E-state index contributed by atoms with van der Waals surface area (Å²) in [5, 5.41) is 14.8. The van der Waals surface area contributed by atoms with Crippen molar-refractivity contribution in [1.29, 1.82) is 0 Å². The first kappa shape index (κ1) is 15.1. The standard InChI is InChI=1S/C13H19N3O3/c1-3-14-7-4-8-15-12(17)11-6-5-10(13(18)19)9(2)16-11/h5-6,14H,3-4,7-8H2,1-2H3,(H,15,17)(H,18,19). The minimum atomic E-state index is -1.04. The van der Waals surface area contributed by atoms with Gasteiger partial charge in [0.2, 0.25) is 0 Å². The summed E-state index contributed by atoms with van der Waals surface area (Å²) in [5.74, 6) is -1.32. The van der Waals surface area contributed by atoms with Gasteiger partial charge in [-0.1, -0.05) is 6.92 Å². The zero-order valence-electron chi connectivity index (χ0n) is 11.2.